The fourth-order valence-electron chi connectivity index (χ4n) is 0.482. The summed E-state index contributed by atoms with van der Waals surface area (Å²) in [5.74, 6) is -0.665. The van der Waals surface area contributed by atoms with Crippen molar-refractivity contribution in [2.24, 2.45) is 0 Å². The molecule has 14 heavy (non-hydrogen) atoms. The van der Waals surface area contributed by atoms with Crippen molar-refractivity contribution in [1.82, 2.24) is 0 Å². The molecular weight excluding hydrogens is 238 g/mol. The predicted octanol–water partition coefficient (Wildman–Crippen LogP) is -0.435. The van der Waals surface area contributed by atoms with Crippen LogP contribution in [0.3, 0.4) is 0 Å². The first-order chi connectivity index (χ1) is 5.85. The van der Waals surface area contributed by atoms with Crippen LogP contribution >= 0.6 is 7.82 Å². The van der Waals surface area contributed by atoms with Gasteiger partial charge in [0.1, 0.15) is 6.10 Å². The van der Waals surface area contributed by atoms with E-state index in [0.29, 0.717) is 0 Å². The number of esters is 1. The van der Waals surface area contributed by atoms with E-state index in [2.05, 4.69) is 15.8 Å². The Balaban J connectivity index is 0. The van der Waals surface area contributed by atoms with Crippen LogP contribution in [0.1, 0.15) is 6.92 Å². The zero-order valence-electron chi connectivity index (χ0n) is 7.04. The van der Waals surface area contributed by atoms with E-state index in [4.69, 9.17) is 9.79 Å². The first-order valence-corrected chi connectivity index (χ1v) is 4.91. The van der Waals surface area contributed by atoms with Crippen molar-refractivity contribution in [2.75, 3.05) is 6.61 Å². The molecule has 1 unspecified atom stereocenters. The van der Waals surface area contributed by atoms with Gasteiger partial charge in [-0.25, -0.2) is 9.36 Å². The molecule has 8 heteroatoms. The number of hydrogen-bond donors (Lipinski definition) is 2. The summed E-state index contributed by atoms with van der Waals surface area (Å²) in [4.78, 5) is 27.1. The van der Waals surface area contributed by atoms with Gasteiger partial charge in [0.05, 0.1) is 6.61 Å². The van der Waals surface area contributed by atoms with Crippen LogP contribution in [0.5, 0.6) is 0 Å². The average molecular weight is 250 g/mol. The molecule has 2 N–H and O–H groups in total. The van der Waals surface area contributed by atoms with Crippen molar-refractivity contribution < 1.29 is 28.4 Å². The number of ether oxygens (including phenoxy) is 1. The molecule has 0 rings (SSSR count). The van der Waals surface area contributed by atoms with Gasteiger partial charge in [0.25, 0.3) is 0 Å². The van der Waals surface area contributed by atoms with Crippen molar-refractivity contribution in [2.45, 2.75) is 13.0 Å². The summed E-state index contributed by atoms with van der Waals surface area (Å²) < 4.78 is 18.9. The van der Waals surface area contributed by atoms with Gasteiger partial charge in [-0.05, 0) is 6.92 Å². The first-order valence-electron chi connectivity index (χ1n) is 3.38. The van der Waals surface area contributed by atoms with Crippen LogP contribution in [0.15, 0.2) is 12.7 Å². The molecule has 0 saturated heterocycles. The third-order valence-corrected chi connectivity index (χ3v) is 1.45. The van der Waals surface area contributed by atoms with Gasteiger partial charge in [0.15, 0.2) is 0 Å². The molecule has 0 aromatic rings. The van der Waals surface area contributed by atoms with Crippen LogP contribution in [0.25, 0.3) is 0 Å². The minimum atomic E-state index is -4.49. The normalized spacial score (nSPS) is 12.5. The molecule has 0 aromatic heterocycles. The minimum absolute atomic E-state index is 0. The number of phosphoric ester groups is 1. The maximum atomic E-state index is 10.6. The zero-order chi connectivity index (χ0) is 10.5. The quantitative estimate of drug-likeness (QED) is 0.297. The van der Waals surface area contributed by atoms with E-state index in [1.807, 2.05) is 0 Å². The molecule has 0 saturated carbocycles. The molecule has 0 fully saturated rings. The molecule has 0 aliphatic heterocycles. The molecule has 0 aliphatic rings. The second-order valence-electron chi connectivity index (χ2n) is 2.24. The fraction of sp³-hybridized carbons (Fsp3) is 0.500. The summed E-state index contributed by atoms with van der Waals surface area (Å²) in [5.41, 5.74) is 0. The van der Waals surface area contributed by atoms with Crippen molar-refractivity contribution in [3.63, 3.8) is 0 Å². The Morgan fingerprint density at radius 1 is 1.64 bits per heavy atom. The van der Waals surface area contributed by atoms with Crippen LogP contribution in [0, 0.1) is 0 Å². The molecular formula is C6H12KO6P. The topological polar surface area (TPSA) is 93.1 Å². The Morgan fingerprint density at radius 3 is 2.50 bits per heavy atom. The standard InChI is InChI=1S/C6H11O6P.K.H/c1-3-6(7)12-5(2)4-11-13(8,9)10;;/h3,5H,1,4H2,2H3,(H2,8,9,10);;. The van der Waals surface area contributed by atoms with E-state index in [9.17, 15) is 9.36 Å². The summed E-state index contributed by atoms with van der Waals surface area (Å²) in [7, 11) is -4.49. The molecule has 0 radical (unpaired) electrons. The Hall–Kier alpha value is 0.956. The van der Waals surface area contributed by atoms with E-state index in [0.717, 1.165) is 6.08 Å². The van der Waals surface area contributed by atoms with E-state index >= 15 is 0 Å². The van der Waals surface area contributed by atoms with Crippen molar-refractivity contribution in [3.05, 3.63) is 12.7 Å². The number of carbonyl (C=O) groups is 1. The van der Waals surface area contributed by atoms with Crippen molar-refractivity contribution in [3.8, 4) is 0 Å². The van der Waals surface area contributed by atoms with Gasteiger partial charge < -0.3 is 14.5 Å². The molecule has 0 spiro atoms. The summed E-state index contributed by atoms with van der Waals surface area (Å²) in [5, 5.41) is 0. The Labute approximate surface area is 124 Å². The predicted molar refractivity (Wildman–Crippen MR) is 50.9 cm³/mol. The maximum absolute atomic E-state index is 10.6. The Morgan fingerprint density at radius 2 is 2.14 bits per heavy atom. The van der Waals surface area contributed by atoms with Crippen molar-refractivity contribution in [1.29, 1.82) is 0 Å². The summed E-state index contributed by atoms with van der Waals surface area (Å²) in [6.07, 6.45) is 0.228. The van der Waals surface area contributed by atoms with Crippen LogP contribution in [-0.2, 0) is 18.6 Å². The molecule has 0 aromatic carbocycles. The van der Waals surface area contributed by atoms with Gasteiger partial charge in [-0.2, -0.15) is 0 Å². The van der Waals surface area contributed by atoms with Crippen molar-refractivity contribution >= 4 is 65.2 Å². The summed E-state index contributed by atoms with van der Waals surface area (Å²) in [6, 6.07) is 0. The van der Waals surface area contributed by atoms with E-state index < -0.39 is 19.9 Å². The molecule has 0 heterocycles. The van der Waals surface area contributed by atoms with E-state index in [-0.39, 0.29) is 58.0 Å². The summed E-state index contributed by atoms with van der Waals surface area (Å²) >= 11 is 0. The number of rotatable bonds is 5. The molecule has 1 atom stereocenters. The van der Waals surface area contributed by atoms with Crippen LogP contribution in [-0.4, -0.2) is 79.9 Å². The van der Waals surface area contributed by atoms with Gasteiger partial charge in [-0.15, -0.1) is 0 Å². The molecule has 6 nitrogen and oxygen atoms in total. The van der Waals surface area contributed by atoms with Gasteiger partial charge in [0, 0.05) is 6.08 Å². The SMILES string of the molecule is C=CC(=O)OC(C)COP(=O)(O)O.[KH]. The third-order valence-electron chi connectivity index (χ3n) is 0.961. The fourth-order valence-corrected chi connectivity index (χ4v) is 0.887. The molecule has 0 aliphatic carbocycles. The van der Waals surface area contributed by atoms with Crippen LogP contribution in [0.4, 0.5) is 0 Å². The zero-order valence-corrected chi connectivity index (χ0v) is 7.94. The first kappa shape index (κ1) is 17.4. The average Bonchev–Trinajstić information content (AvgIpc) is 1.99. The second-order valence-corrected chi connectivity index (χ2v) is 3.48. The van der Waals surface area contributed by atoms with Crippen LogP contribution < -0.4 is 0 Å². The number of carbonyl (C=O) groups excluding carboxylic acids is 1. The molecule has 0 bridgehead atoms. The molecule has 78 valence electrons. The van der Waals surface area contributed by atoms with Gasteiger partial charge in [-0.1, -0.05) is 6.58 Å². The van der Waals surface area contributed by atoms with Gasteiger partial charge >= 0.3 is 65.2 Å². The Bertz CT molecular complexity index is 236. The number of hydrogen-bond acceptors (Lipinski definition) is 4. The number of phosphoric acid groups is 1. The van der Waals surface area contributed by atoms with Gasteiger partial charge in [0.2, 0.25) is 0 Å². The Kier molecular flexibility index (Phi) is 10.1. The second kappa shape index (κ2) is 8.15. The van der Waals surface area contributed by atoms with Gasteiger partial charge in [-0.3, -0.25) is 4.52 Å². The third kappa shape index (κ3) is 11.0. The van der Waals surface area contributed by atoms with Crippen LogP contribution in [0.2, 0.25) is 0 Å². The summed E-state index contributed by atoms with van der Waals surface area (Å²) in [6.45, 7) is 4.24. The monoisotopic (exact) mass is 250 g/mol. The van der Waals surface area contributed by atoms with E-state index in [1.165, 1.54) is 6.92 Å². The van der Waals surface area contributed by atoms with E-state index in [1.54, 1.807) is 0 Å². The molecule has 0 amide bonds.